The Bertz CT molecular complexity index is 238. The Morgan fingerprint density at radius 3 is 2.58 bits per heavy atom. The fourth-order valence-electron chi connectivity index (χ4n) is 1.39. The average Bonchev–Trinajstić information content (AvgIpc) is 2.34. The molecule has 0 bridgehead atoms. The van der Waals surface area contributed by atoms with Gasteiger partial charge in [-0.25, -0.2) is 0 Å². The molecule has 12 heavy (non-hydrogen) atoms. The van der Waals surface area contributed by atoms with Gasteiger partial charge in [-0.2, -0.15) is 0 Å². The number of nitrogens with zero attached hydrogens (tertiary/aromatic N) is 1. The number of hydrogen-bond acceptors (Lipinski definition) is 1. The summed E-state index contributed by atoms with van der Waals surface area (Å²) < 4.78 is 2.04. The van der Waals surface area contributed by atoms with Crippen LogP contribution in [0.2, 0.25) is 0 Å². The van der Waals surface area contributed by atoms with Crippen LogP contribution in [0.15, 0.2) is 18.5 Å². The summed E-state index contributed by atoms with van der Waals surface area (Å²) >= 11 is 0. The normalized spacial score (nSPS) is 13.8. The molecular weight excluding hydrogens is 148 g/mol. The van der Waals surface area contributed by atoms with E-state index in [1.165, 1.54) is 5.56 Å². The van der Waals surface area contributed by atoms with Crippen LogP contribution in [-0.2, 0) is 7.05 Å². The van der Waals surface area contributed by atoms with Gasteiger partial charge in [-0.05, 0) is 24.0 Å². The first-order valence-electron chi connectivity index (χ1n) is 4.47. The standard InChI is InChI=1S/C10H18N2/c1-8(2)6-10(11)9-4-5-12(3)7-9/h4-5,7-8,10H,6,11H2,1-3H3. The van der Waals surface area contributed by atoms with Crippen LogP contribution in [0.4, 0.5) is 0 Å². The molecule has 2 heteroatoms. The van der Waals surface area contributed by atoms with Gasteiger partial charge >= 0.3 is 0 Å². The minimum absolute atomic E-state index is 0.200. The molecule has 0 aliphatic rings. The maximum atomic E-state index is 6.00. The third-order valence-corrected chi connectivity index (χ3v) is 2.01. The molecule has 0 saturated carbocycles. The van der Waals surface area contributed by atoms with Crippen molar-refractivity contribution >= 4 is 0 Å². The van der Waals surface area contributed by atoms with Gasteiger partial charge in [0.1, 0.15) is 0 Å². The Kier molecular flexibility index (Phi) is 2.93. The number of aryl methyl sites for hydroxylation is 1. The smallest absolute Gasteiger partial charge is 0.0312 e. The molecule has 1 atom stereocenters. The third-order valence-electron chi connectivity index (χ3n) is 2.01. The Balaban J connectivity index is 2.58. The van der Waals surface area contributed by atoms with Crippen LogP contribution in [0.3, 0.4) is 0 Å². The van der Waals surface area contributed by atoms with Crippen molar-refractivity contribution in [3.05, 3.63) is 24.0 Å². The highest BCUT2D eigenvalue weighted by Gasteiger charge is 2.08. The lowest BCUT2D eigenvalue weighted by Gasteiger charge is -2.11. The van der Waals surface area contributed by atoms with Gasteiger partial charge in [0.2, 0.25) is 0 Å². The second kappa shape index (κ2) is 3.76. The molecule has 1 heterocycles. The van der Waals surface area contributed by atoms with E-state index < -0.39 is 0 Å². The summed E-state index contributed by atoms with van der Waals surface area (Å²) in [4.78, 5) is 0. The molecule has 0 saturated heterocycles. The summed E-state index contributed by atoms with van der Waals surface area (Å²) in [6.07, 6.45) is 5.19. The van der Waals surface area contributed by atoms with Crippen molar-refractivity contribution in [3.8, 4) is 0 Å². The lowest BCUT2D eigenvalue weighted by atomic mass is 10.0. The van der Waals surface area contributed by atoms with Crippen LogP contribution in [0.5, 0.6) is 0 Å². The zero-order valence-corrected chi connectivity index (χ0v) is 8.12. The first-order chi connectivity index (χ1) is 5.59. The number of nitrogens with two attached hydrogens (primary N) is 1. The second-order valence-corrected chi connectivity index (χ2v) is 3.85. The molecule has 0 aliphatic heterocycles. The van der Waals surface area contributed by atoms with Gasteiger partial charge in [0.05, 0.1) is 0 Å². The molecule has 0 aromatic carbocycles. The summed E-state index contributed by atoms with van der Waals surface area (Å²) in [6.45, 7) is 4.39. The molecule has 0 fully saturated rings. The lowest BCUT2D eigenvalue weighted by Crippen LogP contribution is -2.12. The van der Waals surface area contributed by atoms with Crippen molar-refractivity contribution in [2.75, 3.05) is 0 Å². The molecular formula is C10H18N2. The summed E-state index contributed by atoms with van der Waals surface area (Å²) in [6, 6.07) is 2.29. The number of aromatic nitrogens is 1. The van der Waals surface area contributed by atoms with Crippen molar-refractivity contribution in [1.82, 2.24) is 4.57 Å². The molecule has 0 spiro atoms. The summed E-state index contributed by atoms with van der Waals surface area (Å²) in [5, 5.41) is 0. The van der Waals surface area contributed by atoms with Crippen LogP contribution in [0.25, 0.3) is 0 Å². The highest BCUT2D eigenvalue weighted by molar-refractivity contribution is 5.14. The molecule has 1 aromatic heterocycles. The topological polar surface area (TPSA) is 30.9 Å². The van der Waals surface area contributed by atoms with Crippen molar-refractivity contribution in [3.63, 3.8) is 0 Å². The fraction of sp³-hybridized carbons (Fsp3) is 0.600. The minimum atomic E-state index is 0.200. The van der Waals surface area contributed by atoms with Gasteiger partial charge in [0, 0.05) is 25.5 Å². The van der Waals surface area contributed by atoms with E-state index in [0.29, 0.717) is 5.92 Å². The molecule has 0 amide bonds. The van der Waals surface area contributed by atoms with Crippen LogP contribution in [0.1, 0.15) is 31.9 Å². The van der Waals surface area contributed by atoms with Gasteiger partial charge < -0.3 is 10.3 Å². The Labute approximate surface area is 74.4 Å². The molecule has 1 unspecified atom stereocenters. The highest BCUT2D eigenvalue weighted by Crippen LogP contribution is 2.18. The molecule has 1 rings (SSSR count). The Morgan fingerprint density at radius 1 is 1.50 bits per heavy atom. The van der Waals surface area contributed by atoms with E-state index in [1.807, 2.05) is 17.8 Å². The van der Waals surface area contributed by atoms with Gasteiger partial charge in [0.25, 0.3) is 0 Å². The Hall–Kier alpha value is -0.760. The highest BCUT2D eigenvalue weighted by atomic mass is 14.9. The average molecular weight is 166 g/mol. The number of rotatable bonds is 3. The van der Waals surface area contributed by atoms with Crippen LogP contribution < -0.4 is 5.73 Å². The minimum Gasteiger partial charge on any atom is -0.357 e. The van der Waals surface area contributed by atoms with E-state index in [2.05, 4.69) is 26.1 Å². The van der Waals surface area contributed by atoms with E-state index in [0.717, 1.165) is 6.42 Å². The summed E-state index contributed by atoms with van der Waals surface area (Å²) in [5.74, 6) is 0.667. The zero-order valence-electron chi connectivity index (χ0n) is 8.12. The van der Waals surface area contributed by atoms with Crippen LogP contribution >= 0.6 is 0 Å². The second-order valence-electron chi connectivity index (χ2n) is 3.85. The predicted octanol–water partition coefficient (Wildman–Crippen LogP) is 2.07. The van der Waals surface area contributed by atoms with Crippen molar-refractivity contribution < 1.29 is 0 Å². The van der Waals surface area contributed by atoms with E-state index in [9.17, 15) is 0 Å². The molecule has 2 nitrogen and oxygen atoms in total. The largest absolute Gasteiger partial charge is 0.357 e. The van der Waals surface area contributed by atoms with E-state index in [4.69, 9.17) is 5.73 Å². The number of hydrogen-bond donors (Lipinski definition) is 1. The monoisotopic (exact) mass is 166 g/mol. The molecule has 0 aliphatic carbocycles. The lowest BCUT2D eigenvalue weighted by molar-refractivity contribution is 0.510. The van der Waals surface area contributed by atoms with E-state index in [-0.39, 0.29) is 6.04 Å². The SMILES string of the molecule is CC(C)CC(N)c1ccn(C)c1. The third kappa shape index (κ3) is 2.38. The van der Waals surface area contributed by atoms with E-state index >= 15 is 0 Å². The van der Waals surface area contributed by atoms with Gasteiger partial charge in [0.15, 0.2) is 0 Å². The molecule has 2 N–H and O–H groups in total. The predicted molar refractivity (Wildman–Crippen MR) is 51.8 cm³/mol. The van der Waals surface area contributed by atoms with Crippen molar-refractivity contribution in [2.45, 2.75) is 26.3 Å². The van der Waals surface area contributed by atoms with Crippen LogP contribution in [0, 0.1) is 5.92 Å². The maximum Gasteiger partial charge on any atom is 0.0312 e. The van der Waals surface area contributed by atoms with Gasteiger partial charge in [-0.3, -0.25) is 0 Å². The summed E-state index contributed by atoms with van der Waals surface area (Å²) in [7, 11) is 2.02. The van der Waals surface area contributed by atoms with E-state index in [1.54, 1.807) is 0 Å². The first kappa shape index (κ1) is 9.33. The molecule has 1 aromatic rings. The van der Waals surface area contributed by atoms with Gasteiger partial charge in [-0.15, -0.1) is 0 Å². The first-order valence-corrected chi connectivity index (χ1v) is 4.47. The van der Waals surface area contributed by atoms with Gasteiger partial charge in [-0.1, -0.05) is 13.8 Å². The van der Waals surface area contributed by atoms with Crippen molar-refractivity contribution in [1.29, 1.82) is 0 Å². The zero-order chi connectivity index (χ0) is 9.14. The van der Waals surface area contributed by atoms with Crippen molar-refractivity contribution in [2.24, 2.45) is 18.7 Å². The van der Waals surface area contributed by atoms with Crippen LogP contribution in [-0.4, -0.2) is 4.57 Å². The fourth-order valence-corrected chi connectivity index (χ4v) is 1.39. The summed E-state index contributed by atoms with van der Waals surface area (Å²) in [5.41, 5.74) is 7.24. The molecule has 68 valence electrons. The Morgan fingerprint density at radius 2 is 2.17 bits per heavy atom. The molecule has 0 radical (unpaired) electrons. The quantitative estimate of drug-likeness (QED) is 0.732. The maximum absolute atomic E-state index is 6.00.